The van der Waals surface area contributed by atoms with Crippen molar-refractivity contribution in [3.05, 3.63) is 57.8 Å². The van der Waals surface area contributed by atoms with E-state index >= 15 is 0 Å². The zero-order valence-electron chi connectivity index (χ0n) is 12.8. The summed E-state index contributed by atoms with van der Waals surface area (Å²) in [5, 5.41) is 8.23. The maximum atomic E-state index is 3.75. The molecule has 21 heavy (non-hydrogen) atoms. The van der Waals surface area contributed by atoms with Crippen LogP contribution in [0, 0.1) is 5.92 Å². The Labute approximate surface area is 132 Å². The molecule has 1 aromatic heterocycles. The summed E-state index contributed by atoms with van der Waals surface area (Å²) < 4.78 is 0. The van der Waals surface area contributed by atoms with Gasteiger partial charge in [0.05, 0.1) is 0 Å². The lowest BCUT2D eigenvalue weighted by atomic mass is 9.78. The van der Waals surface area contributed by atoms with Crippen LogP contribution in [-0.2, 0) is 19.3 Å². The zero-order chi connectivity index (χ0) is 14.5. The molecule has 1 aromatic carbocycles. The van der Waals surface area contributed by atoms with Crippen molar-refractivity contribution in [2.75, 3.05) is 6.54 Å². The van der Waals surface area contributed by atoms with Crippen LogP contribution in [0.4, 0.5) is 0 Å². The molecule has 0 saturated heterocycles. The molecule has 0 bridgehead atoms. The van der Waals surface area contributed by atoms with E-state index in [0.717, 1.165) is 12.5 Å². The second-order valence-electron chi connectivity index (χ2n) is 6.11. The van der Waals surface area contributed by atoms with E-state index in [2.05, 4.69) is 53.3 Å². The average molecular weight is 299 g/mol. The van der Waals surface area contributed by atoms with E-state index in [4.69, 9.17) is 0 Å². The standard InChI is InChI=1S/C19H25NS/c1-2-20-19(10-7-15-11-12-21-14-15)18-9-8-16-5-3-4-6-17(16)13-18/h3-6,11-12,14,18-20H,2,7-10,13H2,1H3. The van der Waals surface area contributed by atoms with Gasteiger partial charge in [0.25, 0.3) is 0 Å². The first-order chi connectivity index (χ1) is 10.4. The van der Waals surface area contributed by atoms with E-state index in [9.17, 15) is 0 Å². The van der Waals surface area contributed by atoms with Crippen LogP contribution in [0.3, 0.4) is 0 Å². The highest BCUT2D eigenvalue weighted by molar-refractivity contribution is 7.07. The van der Waals surface area contributed by atoms with Crippen molar-refractivity contribution in [1.29, 1.82) is 0 Å². The van der Waals surface area contributed by atoms with Gasteiger partial charge in [0.1, 0.15) is 0 Å². The summed E-state index contributed by atoms with van der Waals surface area (Å²) in [5.41, 5.74) is 4.65. The third kappa shape index (κ3) is 3.75. The summed E-state index contributed by atoms with van der Waals surface area (Å²) >= 11 is 1.81. The topological polar surface area (TPSA) is 12.0 Å². The minimum atomic E-state index is 0.656. The van der Waals surface area contributed by atoms with Crippen LogP contribution in [0.5, 0.6) is 0 Å². The van der Waals surface area contributed by atoms with Crippen molar-refractivity contribution < 1.29 is 0 Å². The Morgan fingerprint density at radius 3 is 2.86 bits per heavy atom. The van der Waals surface area contributed by atoms with Crippen molar-refractivity contribution in [1.82, 2.24) is 5.32 Å². The highest BCUT2D eigenvalue weighted by Gasteiger charge is 2.25. The highest BCUT2D eigenvalue weighted by atomic mass is 32.1. The third-order valence-corrected chi connectivity index (χ3v) is 5.48. The molecule has 3 rings (SSSR count). The quantitative estimate of drug-likeness (QED) is 0.830. The Bertz CT molecular complexity index is 546. The number of rotatable bonds is 6. The monoisotopic (exact) mass is 299 g/mol. The molecule has 1 nitrogen and oxygen atoms in total. The molecule has 2 heteroatoms. The first-order valence-electron chi connectivity index (χ1n) is 8.18. The molecule has 0 spiro atoms. The van der Waals surface area contributed by atoms with Gasteiger partial charge in [-0.1, -0.05) is 31.2 Å². The van der Waals surface area contributed by atoms with E-state index in [1.54, 1.807) is 11.1 Å². The minimum Gasteiger partial charge on any atom is -0.314 e. The van der Waals surface area contributed by atoms with Crippen LogP contribution in [-0.4, -0.2) is 12.6 Å². The SMILES string of the molecule is CCNC(CCc1ccsc1)C1CCc2ccccc2C1. The molecule has 0 amide bonds. The fourth-order valence-corrected chi connectivity index (χ4v) is 4.30. The van der Waals surface area contributed by atoms with Gasteiger partial charge in [-0.15, -0.1) is 0 Å². The summed E-state index contributed by atoms with van der Waals surface area (Å²) in [6.07, 6.45) is 6.30. The molecule has 112 valence electrons. The van der Waals surface area contributed by atoms with Gasteiger partial charge in [0, 0.05) is 6.04 Å². The van der Waals surface area contributed by atoms with Crippen molar-refractivity contribution in [3.8, 4) is 0 Å². The highest BCUT2D eigenvalue weighted by Crippen LogP contribution is 2.29. The Morgan fingerprint density at radius 1 is 1.24 bits per heavy atom. The van der Waals surface area contributed by atoms with Gasteiger partial charge < -0.3 is 5.32 Å². The molecule has 1 N–H and O–H groups in total. The summed E-state index contributed by atoms with van der Waals surface area (Å²) in [6.45, 7) is 3.31. The first-order valence-corrected chi connectivity index (χ1v) is 9.12. The van der Waals surface area contributed by atoms with Crippen LogP contribution in [0.1, 0.15) is 36.5 Å². The molecule has 0 fully saturated rings. The van der Waals surface area contributed by atoms with Gasteiger partial charge in [-0.3, -0.25) is 0 Å². The third-order valence-electron chi connectivity index (χ3n) is 4.74. The van der Waals surface area contributed by atoms with Crippen LogP contribution in [0.2, 0.25) is 0 Å². The van der Waals surface area contributed by atoms with E-state index in [-0.39, 0.29) is 0 Å². The van der Waals surface area contributed by atoms with E-state index in [1.165, 1.54) is 37.7 Å². The van der Waals surface area contributed by atoms with Gasteiger partial charge in [-0.05, 0) is 78.1 Å². The summed E-state index contributed by atoms with van der Waals surface area (Å²) in [5.74, 6) is 0.790. The van der Waals surface area contributed by atoms with Crippen molar-refractivity contribution >= 4 is 11.3 Å². The normalized spacial score (nSPS) is 19.2. The molecular weight excluding hydrogens is 274 g/mol. The molecule has 0 saturated carbocycles. The summed E-state index contributed by atoms with van der Waals surface area (Å²) in [6, 6.07) is 11.9. The summed E-state index contributed by atoms with van der Waals surface area (Å²) in [4.78, 5) is 0. The van der Waals surface area contributed by atoms with Gasteiger partial charge >= 0.3 is 0 Å². The van der Waals surface area contributed by atoms with Crippen LogP contribution < -0.4 is 5.32 Å². The number of thiophene rings is 1. The van der Waals surface area contributed by atoms with Gasteiger partial charge in [0.15, 0.2) is 0 Å². The van der Waals surface area contributed by atoms with E-state index in [0.29, 0.717) is 6.04 Å². The number of nitrogens with one attached hydrogen (secondary N) is 1. The number of fused-ring (bicyclic) bond motifs is 1. The Balaban J connectivity index is 1.64. The molecule has 0 aliphatic heterocycles. The van der Waals surface area contributed by atoms with Crippen LogP contribution in [0.15, 0.2) is 41.1 Å². The molecule has 2 atom stereocenters. The molecule has 2 aromatic rings. The molecule has 0 radical (unpaired) electrons. The average Bonchev–Trinajstić information content (AvgIpc) is 3.04. The van der Waals surface area contributed by atoms with Gasteiger partial charge in [-0.2, -0.15) is 11.3 Å². The Kier molecular flexibility index (Phi) is 5.10. The number of aryl methyl sites for hydroxylation is 2. The number of benzene rings is 1. The second kappa shape index (κ2) is 7.24. The minimum absolute atomic E-state index is 0.656. The zero-order valence-corrected chi connectivity index (χ0v) is 13.7. The van der Waals surface area contributed by atoms with Crippen molar-refractivity contribution in [3.63, 3.8) is 0 Å². The lowest BCUT2D eigenvalue weighted by Gasteiger charge is -2.32. The number of hydrogen-bond donors (Lipinski definition) is 1. The van der Waals surface area contributed by atoms with Gasteiger partial charge in [-0.25, -0.2) is 0 Å². The molecular formula is C19H25NS. The molecule has 2 unspecified atom stereocenters. The second-order valence-corrected chi connectivity index (χ2v) is 6.89. The van der Waals surface area contributed by atoms with Gasteiger partial charge in [0.2, 0.25) is 0 Å². The summed E-state index contributed by atoms with van der Waals surface area (Å²) in [7, 11) is 0. The van der Waals surface area contributed by atoms with E-state index < -0.39 is 0 Å². The Morgan fingerprint density at radius 2 is 2.10 bits per heavy atom. The molecule has 1 aliphatic carbocycles. The fourth-order valence-electron chi connectivity index (χ4n) is 3.59. The first kappa shape index (κ1) is 14.8. The van der Waals surface area contributed by atoms with E-state index in [1.807, 2.05) is 11.3 Å². The smallest absolute Gasteiger partial charge is 0.0102 e. The maximum Gasteiger partial charge on any atom is 0.0102 e. The number of hydrogen-bond acceptors (Lipinski definition) is 2. The van der Waals surface area contributed by atoms with Crippen LogP contribution in [0.25, 0.3) is 0 Å². The largest absolute Gasteiger partial charge is 0.314 e. The van der Waals surface area contributed by atoms with Crippen molar-refractivity contribution in [2.45, 2.75) is 45.1 Å². The van der Waals surface area contributed by atoms with Crippen molar-refractivity contribution in [2.24, 2.45) is 5.92 Å². The lowest BCUT2D eigenvalue weighted by molar-refractivity contribution is 0.309. The predicted octanol–water partition coefficient (Wildman–Crippen LogP) is 4.46. The predicted molar refractivity (Wildman–Crippen MR) is 92.1 cm³/mol. The molecule has 1 aliphatic rings. The lowest BCUT2D eigenvalue weighted by Crippen LogP contribution is -2.39. The molecule has 1 heterocycles. The fraction of sp³-hybridized carbons (Fsp3) is 0.474. The maximum absolute atomic E-state index is 3.75. The Hall–Kier alpha value is -1.12. The van der Waals surface area contributed by atoms with Crippen LogP contribution >= 0.6 is 11.3 Å².